The van der Waals surface area contributed by atoms with E-state index in [1.54, 1.807) is 13.0 Å². The third-order valence-electron chi connectivity index (χ3n) is 6.53. The summed E-state index contributed by atoms with van der Waals surface area (Å²) in [5.41, 5.74) is 4.21. The van der Waals surface area contributed by atoms with E-state index in [1.807, 2.05) is 26.8 Å². The van der Waals surface area contributed by atoms with E-state index < -0.39 is 5.41 Å². The van der Waals surface area contributed by atoms with E-state index in [1.165, 1.54) is 6.07 Å². The largest absolute Gasteiger partial charge is 0.466 e. The van der Waals surface area contributed by atoms with Crippen molar-refractivity contribution in [2.75, 3.05) is 0 Å². The van der Waals surface area contributed by atoms with Gasteiger partial charge in [-0.15, -0.1) is 0 Å². The SMILES string of the molecule is Cc1cc(=O)cc(CC2(C)CC(C)Cc3oc4cc(C)c(C)c(C)c4c(=O)c32)o1. The van der Waals surface area contributed by atoms with E-state index in [0.29, 0.717) is 34.8 Å². The molecular formula is C25H28O4. The van der Waals surface area contributed by atoms with Gasteiger partial charge in [-0.1, -0.05) is 13.8 Å². The van der Waals surface area contributed by atoms with Crippen molar-refractivity contribution in [2.45, 2.75) is 66.2 Å². The molecule has 0 N–H and O–H groups in total. The first kappa shape index (κ1) is 19.7. The maximum absolute atomic E-state index is 13.8. The van der Waals surface area contributed by atoms with Gasteiger partial charge in [-0.25, -0.2) is 0 Å². The van der Waals surface area contributed by atoms with Crippen molar-refractivity contribution in [1.29, 1.82) is 0 Å². The van der Waals surface area contributed by atoms with E-state index in [0.717, 1.165) is 40.9 Å². The molecule has 152 valence electrons. The molecule has 2 atom stereocenters. The first-order valence-electron chi connectivity index (χ1n) is 10.3. The van der Waals surface area contributed by atoms with Crippen molar-refractivity contribution in [2.24, 2.45) is 5.92 Å². The number of benzene rings is 1. The number of aryl methyl sites for hydroxylation is 3. The molecule has 1 aromatic carbocycles. The lowest BCUT2D eigenvalue weighted by Gasteiger charge is -2.37. The molecule has 4 nitrogen and oxygen atoms in total. The average molecular weight is 392 g/mol. The van der Waals surface area contributed by atoms with Gasteiger partial charge in [0, 0.05) is 36.0 Å². The maximum atomic E-state index is 13.8. The molecule has 0 saturated heterocycles. The fourth-order valence-electron chi connectivity index (χ4n) is 5.16. The molecule has 3 aromatic rings. The molecule has 0 radical (unpaired) electrons. The summed E-state index contributed by atoms with van der Waals surface area (Å²) in [6, 6.07) is 5.01. The summed E-state index contributed by atoms with van der Waals surface area (Å²) in [6.07, 6.45) is 2.10. The van der Waals surface area contributed by atoms with Crippen LogP contribution in [-0.4, -0.2) is 0 Å². The van der Waals surface area contributed by atoms with Crippen LogP contribution in [0.15, 0.2) is 36.6 Å². The summed E-state index contributed by atoms with van der Waals surface area (Å²) < 4.78 is 12.2. The normalized spacial score (nSPS) is 21.4. The van der Waals surface area contributed by atoms with Crippen LogP contribution >= 0.6 is 0 Å². The molecule has 0 amide bonds. The summed E-state index contributed by atoms with van der Waals surface area (Å²) in [6.45, 7) is 12.2. The highest BCUT2D eigenvalue weighted by atomic mass is 16.3. The van der Waals surface area contributed by atoms with Crippen LogP contribution in [0.3, 0.4) is 0 Å². The Bertz CT molecular complexity index is 1240. The zero-order valence-corrected chi connectivity index (χ0v) is 18.1. The summed E-state index contributed by atoms with van der Waals surface area (Å²) in [5, 5.41) is 0.679. The molecule has 0 saturated carbocycles. The summed E-state index contributed by atoms with van der Waals surface area (Å²) in [7, 11) is 0. The molecule has 1 aliphatic carbocycles. The Morgan fingerprint density at radius 3 is 2.45 bits per heavy atom. The minimum atomic E-state index is -0.448. The molecule has 0 aliphatic heterocycles. The van der Waals surface area contributed by atoms with Gasteiger partial charge >= 0.3 is 0 Å². The predicted octanol–water partition coefficient (Wildman–Crippen LogP) is 5.06. The molecule has 2 heterocycles. The van der Waals surface area contributed by atoms with Gasteiger partial charge in [-0.05, 0) is 62.8 Å². The number of hydrogen-bond donors (Lipinski definition) is 0. The van der Waals surface area contributed by atoms with Crippen LogP contribution in [0.25, 0.3) is 11.0 Å². The molecule has 0 spiro atoms. The van der Waals surface area contributed by atoms with E-state index in [-0.39, 0.29) is 10.9 Å². The van der Waals surface area contributed by atoms with Crippen molar-refractivity contribution in [3.63, 3.8) is 0 Å². The molecule has 29 heavy (non-hydrogen) atoms. The first-order chi connectivity index (χ1) is 13.6. The quantitative estimate of drug-likeness (QED) is 0.611. The van der Waals surface area contributed by atoms with Gasteiger partial charge in [0.2, 0.25) is 0 Å². The highest BCUT2D eigenvalue weighted by molar-refractivity contribution is 5.83. The Balaban J connectivity index is 1.98. The van der Waals surface area contributed by atoms with Crippen molar-refractivity contribution in [3.05, 3.63) is 78.2 Å². The van der Waals surface area contributed by atoms with Gasteiger partial charge < -0.3 is 8.83 Å². The predicted molar refractivity (Wildman–Crippen MR) is 115 cm³/mol. The van der Waals surface area contributed by atoms with Crippen LogP contribution in [0.2, 0.25) is 0 Å². The maximum Gasteiger partial charge on any atom is 0.196 e. The second-order valence-corrected chi connectivity index (χ2v) is 9.17. The van der Waals surface area contributed by atoms with E-state index in [2.05, 4.69) is 13.8 Å². The lowest BCUT2D eigenvalue weighted by Crippen LogP contribution is -2.39. The lowest BCUT2D eigenvalue weighted by atomic mass is 9.67. The Hall–Kier alpha value is -2.62. The molecule has 2 unspecified atom stereocenters. The molecule has 2 aromatic heterocycles. The molecule has 0 bridgehead atoms. The van der Waals surface area contributed by atoms with E-state index in [4.69, 9.17) is 8.83 Å². The first-order valence-corrected chi connectivity index (χ1v) is 10.3. The van der Waals surface area contributed by atoms with Gasteiger partial charge in [0.25, 0.3) is 0 Å². The van der Waals surface area contributed by atoms with Crippen LogP contribution in [0.1, 0.15) is 59.8 Å². The minimum Gasteiger partial charge on any atom is -0.466 e. The van der Waals surface area contributed by atoms with Crippen LogP contribution in [0.4, 0.5) is 0 Å². The fraction of sp³-hybridized carbons (Fsp3) is 0.440. The van der Waals surface area contributed by atoms with Crippen LogP contribution in [-0.2, 0) is 18.3 Å². The number of rotatable bonds is 2. The third-order valence-corrected chi connectivity index (χ3v) is 6.53. The van der Waals surface area contributed by atoms with Gasteiger partial charge in [0.15, 0.2) is 10.9 Å². The Morgan fingerprint density at radius 2 is 1.76 bits per heavy atom. The summed E-state index contributed by atoms with van der Waals surface area (Å²) >= 11 is 0. The highest BCUT2D eigenvalue weighted by Gasteiger charge is 2.40. The van der Waals surface area contributed by atoms with E-state index in [9.17, 15) is 9.59 Å². The second kappa shape index (κ2) is 6.72. The zero-order chi connectivity index (χ0) is 21.1. The Kier molecular flexibility index (Phi) is 4.56. The van der Waals surface area contributed by atoms with Crippen molar-refractivity contribution >= 4 is 11.0 Å². The van der Waals surface area contributed by atoms with Gasteiger partial charge in [-0.2, -0.15) is 0 Å². The Labute approximate surface area is 170 Å². The number of fused-ring (bicyclic) bond motifs is 2. The van der Waals surface area contributed by atoms with E-state index >= 15 is 0 Å². The molecule has 4 rings (SSSR count). The van der Waals surface area contributed by atoms with Gasteiger partial charge in [0.05, 0.1) is 5.39 Å². The van der Waals surface area contributed by atoms with Gasteiger partial charge in [-0.3, -0.25) is 9.59 Å². The molecule has 1 aliphatic rings. The number of hydrogen-bond acceptors (Lipinski definition) is 4. The summed E-state index contributed by atoms with van der Waals surface area (Å²) in [4.78, 5) is 25.7. The van der Waals surface area contributed by atoms with Crippen molar-refractivity contribution < 1.29 is 8.83 Å². The van der Waals surface area contributed by atoms with Crippen molar-refractivity contribution in [3.8, 4) is 0 Å². The van der Waals surface area contributed by atoms with Crippen LogP contribution in [0.5, 0.6) is 0 Å². The van der Waals surface area contributed by atoms with Crippen LogP contribution in [0, 0.1) is 33.6 Å². The zero-order valence-electron chi connectivity index (χ0n) is 18.1. The molecule has 0 fully saturated rings. The summed E-state index contributed by atoms with van der Waals surface area (Å²) in [5.74, 6) is 2.36. The highest BCUT2D eigenvalue weighted by Crippen LogP contribution is 2.42. The standard InChI is InChI=1S/C25H28O4/c1-13-7-21-23(24(27)22-17(5)16(4)14(2)8-20(22)29-21)25(6,11-13)12-19-10-18(26)9-15(3)28-19/h8-10,13H,7,11-12H2,1-6H3. The smallest absolute Gasteiger partial charge is 0.196 e. The fourth-order valence-corrected chi connectivity index (χ4v) is 5.16. The molecular weight excluding hydrogens is 364 g/mol. The minimum absolute atomic E-state index is 0.0613. The Morgan fingerprint density at radius 1 is 1.03 bits per heavy atom. The van der Waals surface area contributed by atoms with Gasteiger partial charge in [0.1, 0.15) is 22.9 Å². The third kappa shape index (κ3) is 3.25. The monoisotopic (exact) mass is 392 g/mol. The topological polar surface area (TPSA) is 60.4 Å². The average Bonchev–Trinajstić information content (AvgIpc) is 2.57. The molecule has 4 heteroatoms. The van der Waals surface area contributed by atoms with Crippen LogP contribution < -0.4 is 10.9 Å². The second-order valence-electron chi connectivity index (χ2n) is 9.17. The lowest BCUT2D eigenvalue weighted by molar-refractivity contribution is 0.272. The van der Waals surface area contributed by atoms with Crippen molar-refractivity contribution in [1.82, 2.24) is 0 Å².